The van der Waals surface area contributed by atoms with E-state index in [1.165, 1.54) is 38.5 Å². The number of hydrogen-bond acceptors (Lipinski definition) is 5. The number of aliphatic hydroxyl groups is 1. The first-order chi connectivity index (χ1) is 9.66. The third-order valence-corrected chi connectivity index (χ3v) is 5.70. The quantitative estimate of drug-likeness (QED) is 0.877. The summed E-state index contributed by atoms with van der Waals surface area (Å²) < 4.78 is 5.37. The lowest BCUT2D eigenvalue weighted by Crippen LogP contribution is -2.47. The first-order valence-electron chi connectivity index (χ1n) is 7.85. The maximum Gasteiger partial charge on any atom is 0.227 e. The Balaban J connectivity index is 1.52. The van der Waals surface area contributed by atoms with E-state index in [9.17, 15) is 0 Å². The summed E-state index contributed by atoms with van der Waals surface area (Å²) in [5.74, 6) is 3.95. The normalized spacial score (nSPS) is 40.2. The molecule has 4 saturated carbocycles. The summed E-state index contributed by atoms with van der Waals surface area (Å²) in [6, 6.07) is -0.524. The Labute approximate surface area is 118 Å². The standard InChI is InChI=1S/C15H23N3O2/c16-12(8-19)14-17-13(20-18-14)7-15-4-9-1-10(5-15)3-11(2-9)6-15/h9-12,19H,1-8,16H2. The molecule has 4 bridgehead atoms. The van der Waals surface area contributed by atoms with Crippen LogP contribution in [-0.4, -0.2) is 21.9 Å². The molecule has 5 nitrogen and oxygen atoms in total. The summed E-state index contributed by atoms with van der Waals surface area (Å²) in [6.45, 7) is -0.143. The Kier molecular flexibility index (Phi) is 2.89. The second kappa shape index (κ2) is 4.53. The molecule has 0 spiro atoms. The molecule has 1 heterocycles. The van der Waals surface area contributed by atoms with Gasteiger partial charge in [-0.1, -0.05) is 5.16 Å². The Hall–Kier alpha value is -0.940. The van der Waals surface area contributed by atoms with Gasteiger partial charge in [0.2, 0.25) is 5.89 Å². The summed E-state index contributed by atoms with van der Waals surface area (Å²) in [4.78, 5) is 4.39. The van der Waals surface area contributed by atoms with E-state index in [0.717, 1.165) is 24.2 Å². The van der Waals surface area contributed by atoms with Crippen molar-refractivity contribution in [2.24, 2.45) is 28.9 Å². The van der Waals surface area contributed by atoms with Crippen molar-refractivity contribution in [1.82, 2.24) is 10.1 Å². The van der Waals surface area contributed by atoms with Crippen LogP contribution in [-0.2, 0) is 6.42 Å². The van der Waals surface area contributed by atoms with Gasteiger partial charge in [0, 0.05) is 6.42 Å². The average Bonchev–Trinajstić information content (AvgIpc) is 2.83. The van der Waals surface area contributed by atoms with Gasteiger partial charge < -0.3 is 15.4 Å². The van der Waals surface area contributed by atoms with Crippen LogP contribution in [0.2, 0.25) is 0 Å². The molecule has 4 aliphatic carbocycles. The fourth-order valence-corrected chi connectivity index (χ4v) is 5.40. The van der Waals surface area contributed by atoms with Crippen molar-refractivity contribution >= 4 is 0 Å². The second-order valence-electron chi connectivity index (χ2n) is 7.43. The van der Waals surface area contributed by atoms with Crippen LogP contribution in [0.15, 0.2) is 4.52 Å². The van der Waals surface area contributed by atoms with Gasteiger partial charge in [-0.15, -0.1) is 0 Å². The largest absolute Gasteiger partial charge is 0.394 e. The van der Waals surface area contributed by atoms with Crippen LogP contribution < -0.4 is 5.73 Å². The maximum atomic E-state index is 9.05. The average molecular weight is 277 g/mol. The summed E-state index contributed by atoms with van der Waals surface area (Å²) in [5, 5.41) is 13.0. The lowest BCUT2D eigenvalue weighted by atomic mass is 9.49. The molecule has 1 atom stereocenters. The van der Waals surface area contributed by atoms with Crippen molar-refractivity contribution < 1.29 is 9.63 Å². The smallest absolute Gasteiger partial charge is 0.227 e. The van der Waals surface area contributed by atoms with Crippen molar-refractivity contribution in [3.05, 3.63) is 11.7 Å². The van der Waals surface area contributed by atoms with Gasteiger partial charge in [0.15, 0.2) is 5.82 Å². The van der Waals surface area contributed by atoms with E-state index in [-0.39, 0.29) is 6.61 Å². The zero-order chi connectivity index (χ0) is 13.7. The molecule has 3 N–H and O–H groups in total. The molecule has 1 aromatic rings. The minimum absolute atomic E-state index is 0.143. The summed E-state index contributed by atoms with van der Waals surface area (Å²) in [6.07, 6.45) is 9.26. The van der Waals surface area contributed by atoms with E-state index < -0.39 is 6.04 Å². The highest BCUT2D eigenvalue weighted by Crippen LogP contribution is 2.60. The van der Waals surface area contributed by atoms with E-state index in [0.29, 0.717) is 17.1 Å². The third-order valence-electron chi connectivity index (χ3n) is 5.70. The number of aromatic nitrogens is 2. The Bertz CT molecular complexity index is 464. The van der Waals surface area contributed by atoms with Crippen LogP contribution in [0.5, 0.6) is 0 Å². The monoisotopic (exact) mass is 277 g/mol. The van der Waals surface area contributed by atoms with Gasteiger partial charge in [0.05, 0.1) is 12.6 Å². The molecule has 5 rings (SSSR count). The van der Waals surface area contributed by atoms with Crippen LogP contribution in [0.25, 0.3) is 0 Å². The predicted molar refractivity (Wildman–Crippen MR) is 72.6 cm³/mol. The molecule has 5 heteroatoms. The Morgan fingerprint density at radius 2 is 1.80 bits per heavy atom. The van der Waals surface area contributed by atoms with Gasteiger partial charge in [0.1, 0.15) is 0 Å². The molecule has 4 fully saturated rings. The number of aliphatic hydroxyl groups excluding tert-OH is 1. The molecular weight excluding hydrogens is 254 g/mol. The highest BCUT2D eigenvalue weighted by atomic mass is 16.5. The van der Waals surface area contributed by atoms with Gasteiger partial charge in [0.25, 0.3) is 0 Å². The summed E-state index contributed by atoms with van der Waals surface area (Å²) in [5.41, 5.74) is 6.14. The molecule has 0 aliphatic heterocycles. The minimum atomic E-state index is -0.524. The lowest BCUT2D eigenvalue weighted by Gasteiger charge is -2.56. The molecule has 20 heavy (non-hydrogen) atoms. The molecule has 110 valence electrons. The van der Waals surface area contributed by atoms with Crippen LogP contribution in [0.3, 0.4) is 0 Å². The van der Waals surface area contributed by atoms with Crippen LogP contribution in [0, 0.1) is 23.2 Å². The van der Waals surface area contributed by atoms with Crippen LogP contribution in [0.1, 0.15) is 56.3 Å². The van der Waals surface area contributed by atoms with Crippen molar-refractivity contribution in [2.45, 2.75) is 51.0 Å². The fraction of sp³-hybridized carbons (Fsp3) is 0.867. The summed E-state index contributed by atoms with van der Waals surface area (Å²) >= 11 is 0. The minimum Gasteiger partial charge on any atom is -0.394 e. The molecular formula is C15H23N3O2. The van der Waals surface area contributed by atoms with E-state index in [2.05, 4.69) is 10.1 Å². The molecule has 1 unspecified atom stereocenters. The zero-order valence-electron chi connectivity index (χ0n) is 11.8. The van der Waals surface area contributed by atoms with Gasteiger partial charge >= 0.3 is 0 Å². The molecule has 0 saturated heterocycles. The van der Waals surface area contributed by atoms with Gasteiger partial charge in [-0.25, -0.2) is 0 Å². The summed E-state index contributed by atoms with van der Waals surface area (Å²) in [7, 11) is 0. The molecule has 0 radical (unpaired) electrons. The van der Waals surface area contributed by atoms with Crippen LogP contribution in [0.4, 0.5) is 0 Å². The van der Waals surface area contributed by atoms with Gasteiger partial charge in [-0.2, -0.15) is 4.98 Å². The highest BCUT2D eigenvalue weighted by molar-refractivity contribution is 5.05. The predicted octanol–water partition coefficient (Wildman–Crippen LogP) is 1.82. The maximum absolute atomic E-state index is 9.05. The molecule has 4 aliphatic rings. The Morgan fingerprint density at radius 3 is 2.35 bits per heavy atom. The second-order valence-corrected chi connectivity index (χ2v) is 7.43. The Morgan fingerprint density at radius 1 is 1.20 bits per heavy atom. The highest BCUT2D eigenvalue weighted by Gasteiger charge is 2.51. The van der Waals surface area contributed by atoms with Crippen LogP contribution >= 0.6 is 0 Å². The molecule has 1 aromatic heterocycles. The number of rotatable bonds is 4. The van der Waals surface area contributed by atoms with E-state index >= 15 is 0 Å². The third kappa shape index (κ3) is 2.07. The lowest BCUT2D eigenvalue weighted by molar-refractivity contribution is -0.0556. The topological polar surface area (TPSA) is 85.2 Å². The first kappa shape index (κ1) is 12.8. The molecule has 0 aromatic carbocycles. The number of nitrogens with two attached hydrogens (primary N) is 1. The van der Waals surface area contributed by atoms with E-state index in [1.54, 1.807) is 0 Å². The van der Waals surface area contributed by atoms with Crippen molar-refractivity contribution in [1.29, 1.82) is 0 Å². The number of hydrogen-bond donors (Lipinski definition) is 2. The van der Waals surface area contributed by atoms with E-state index in [1.807, 2.05) is 0 Å². The van der Waals surface area contributed by atoms with Crippen molar-refractivity contribution in [3.8, 4) is 0 Å². The van der Waals surface area contributed by atoms with Gasteiger partial charge in [-0.3, -0.25) is 0 Å². The van der Waals surface area contributed by atoms with Gasteiger partial charge in [-0.05, 0) is 61.7 Å². The number of nitrogens with zero attached hydrogens (tertiary/aromatic N) is 2. The fourth-order valence-electron chi connectivity index (χ4n) is 5.40. The molecule has 0 amide bonds. The zero-order valence-corrected chi connectivity index (χ0v) is 11.8. The van der Waals surface area contributed by atoms with Crippen molar-refractivity contribution in [2.75, 3.05) is 6.61 Å². The SMILES string of the molecule is NC(CO)c1noc(CC23CC4CC(CC(C4)C2)C3)n1. The van der Waals surface area contributed by atoms with E-state index in [4.69, 9.17) is 15.4 Å². The van der Waals surface area contributed by atoms with Crippen molar-refractivity contribution in [3.63, 3.8) is 0 Å². The first-order valence-corrected chi connectivity index (χ1v) is 7.85.